The van der Waals surface area contributed by atoms with Crippen LogP contribution in [-0.4, -0.2) is 9.59 Å². The number of nitrogens with zero attached hydrogens (tertiary/aromatic N) is 2. The van der Waals surface area contributed by atoms with Crippen LogP contribution < -0.4 is 4.74 Å². The van der Waals surface area contributed by atoms with Crippen molar-refractivity contribution in [1.82, 2.24) is 9.59 Å². The molecule has 0 amide bonds. The molecule has 0 atom stereocenters. The van der Waals surface area contributed by atoms with Crippen molar-refractivity contribution in [3.8, 4) is 5.75 Å². The van der Waals surface area contributed by atoms with E-state index in [4.69, 9.17) is 4.74 Å². The van der Waals surface area contributed by atoms with Crippen molar-refractivity contribution in [3.05, 3.63) is 40.9 Å². The number of hydrogen-bond donors (Lipinski definition) is 0. The second kappa shape index (κ2) is 4.19. The first kappa shape index (κ1) is 9.15. The number of ether oxygens (including phenoxy) is 1. The Morgan fingerprint density at radius 2 is 2.07 bits per heavy atom. The molecule has 0 aliphatic heterocycles. The molecule has 0 radical (unpaired) electrons. The zero-order chi connectivity index (χ0) is 9.80. The van der Waals surface area contributed by atoms with E-state index in [1.165, 1.54) is 17.1 Å². The fraction of sp³-hybridized carbons (Fsp3) is 0.200. The normalized spacial score (nSPS) is 10.1. The van der Waals surface area contributed by atoms with Crippen molar-refractivity contribution in [1.29, 1.82) is 0 Å². The first-order valence-electron chi connectivity index (χ1n) is 4.30. The topological polar surface area (TPSA) is 35.0 Å². The van der Waals surface area contributed by atoms with Crippen molar-refractivity contribution in [2.45, 2.75) is 13.5 Å². The minimum absolute atomic E-state index is 0.542. The summed E-state index contributed by atoms with van der Waals surface area (Å²) in [6, 6.07) is 7.98. The lowest BCUT2D eigenvalue weighted by atomic mass is 10.2. The number of benzene rings is 1. The van der Waals surface area contributed by atoms with E-state index in [0.717, 1.165) is 10.6 Å². The Balaban J connectivity index is 1.95. The molecule has 1 heterocycles. The van der Waals surface area contributed by atoms with Crippen LogP contribution in [0.2, 0.25) is 0 Å². The summed E-state index contributed by atoms with van der Waals surface area (Å²) in [6.07, 6.45) is 1.72. The van der Waals surface area contributed by atoms with Crippen LogP contribution in [0.4, 0.5) is 0 Å². The Morgan fingerprint density at radius 1 is 1.29 bits per heavy atom. The quantitative estimate of drug-likeness (QED) is 0.773. The maximum Gasteiger partial charge on any atom is 0.126 e. The van der Waals surface area contributed by atoms with Crippen LogP contribution >= 0.6 is 11.5 Å². The Morgan fingerprint density at radius 3 is 2.71 bits per heavy atom. The Bertz CT molecular complexity index is 383. The highest BCUT2D eigenvalue weighted by Gasteiger charge is 1.97. The molecule has 4 heteroatoms. The summed E-state index contributed by atoms with van der Waals surface area (Å²) in [5.41, 5.74) is 1.23. The lowest BCUT2D eigenvalue weighted by molar-refractivity contribution is 0.309. The molecule has 0 aliphatic carbocycles. The lowest BCUT2D eigenvalue weighted by Crippen LogP contribution is -1.92. The van der Waals surface area contributed by atoms with Crippen LogP contribution in [0, 0.1) is 6.92 Å². The number of aromatic nitrogens is 2. The second-order valence-corrected chi connectivity index (χ2v) is 3.86. The third-order valence-corrected chi connectivity index (χ3v) is 2.44. The Hall–Kier alpha value is -1.42. The molecule has 0 bridgehead atoms. The van der Waals surface area contributed by atoms with Crippen LogP contribution in [0.3, 0.4) is 0 Å². The van der Waals surface area contributed by atoms with E-state index in [-0.39, 0.29) is 0 Å². The van der Waals surface area contributed by atoms with Gasteiger partial charge in [-0.1, -0.05) is 22.2 Å². The summed E-state index contributed by atoms with van der Waals surface area (Å²) in [7, 11) is 0. The fourth-order valence-electron chi connectivity index (χ4n) is 1.04. The predicted molar refractivity (Wildman–Crippen MR) is 55.4 cm³/mol. The van der Waals surface area contributed by atoms with Crippen molar-refractivity contribution < 1.29 is 4.74 Å². The average molecular weight is 206 g/mol. The molecule has 72 valence electrons. The van der Waals surface area contributed by atoms with Gasteiger partial charge < -0.3 is 4.74 Å². The molecule has 0 saturated carbocycles. The Kier molecular flexibility index (Phi) is 2.74. The Labute approximate surface area is 86.5 Å². The van der Waals surface area contributed by atoms with Crippen LogP contribution in [0.1, 0.15) is 10.4 Å². The first-order valence-corrected chi connectivity index (χ1v) is 5.07. The highest BCUT2D eigenvalue weighted by atomic mass is 32.1. The smallest absolute Gasteiger partial charge is 0.126 e. The van der Waals surface area contributed by atoms with Crippen LogP contribution in [-0.2, 0) is 6.61 Å². The summed E-state index contributed by atoms with van der Waals surface area (Å²) in [4.78, 5) is 1.03. The van der Waals surface area contributed by atoms with Gasteiger partial charge in [-0.25, -0.2) is 0 Å². The van der Waals surface area contributed by atoms with Gasteiger partial charge in [0.25, 0.3) is 0 Å². The molecule has 0 fully saturated rings. The van der Waals surface area contributed by atoms with Gasteiger partial charge in [-0.2, -0.15) is 0 Å². The molecule has 14 heavy (non-hydrogen) atoms. The summed E-state index contributed by atoms with van der Waals surface area (Å²) in [6.45, 7) is 2.59. The van der Waals surface area contributed by atoms with Gasteiger partial charge in [0.1, 0.15) is 12.4 Å². The molecule has 0 N–H and O–H groups in total. The van der Waals surface area contributed by atoms with E-state index in [0.29, 0.717) is 6.61 Å². The molecule has 3 nitrogen and oxygen atoms in total. The van der Waals surface area contributed by atoms with E-state index in [9.17, 15) is 0 Å². The molecule has 2 aromatic rings. The molecule has 1 aromatic carbocycles. The van der Waals surface area contributed by atoms with E-state index in [1.54, 1.807) is 6.20 Å². The van der Waals surface area contributed by atoms with Gasteiger partial charge in [-0.15, -0.1) is 5.10 Å². The minimum Gasteiger partial charge on any atom is -0.488 e. The van der Waals surface area contributed by atoms with Crippen molar-refractivity contribution >= 4 is 11.5 Å². The highest BCUT2D eigenvalue weighted by Crippen LogP contribution is 2.14. The van der Waals surface area contributed by atoms with Crippen LogP contribution in [0.15, 0.2) is 30.5 Å². The average Bonchev–Trinajstić information content (AvgIpc) is 2.70. The van der Waals surface area contributed by atoms with Gasteiger partial charge in [0.05, 0.1) is 11.1 Å². The summed E-state index contributed by atoms with van der Waals surface area (Å²) in [5, 5.41) is 3.74. The second-order valence-electron chi connectivity index (χ2n) is 2.99. The molecule has 1 aromatic heterocycles. The summed E-state index contributed by atoms with van der Waals surface area (Å²) < 4.78 is 9.30. The molecule has 0 unspecified atom stereocenters. The molecule has 0 saturated heterocycles. The standard InChI is InChI=1S/C10H10N2OS/c1-8-2-4-9(5-3-8)13-7-10-6-11-12-14-10/h2-6H,7H2,1H3. The maximum atomic E-state index is 5.54. The van der Waals surface area contributed by atoms with E-state index >= 15 is 0 Å². The minimum atomic E-state index is 0.542. The fourth-order valence-corrected chi connectivity index (χ4v) is 1.45. The van der Waals surface area contributed by atoms with E-state index < -0.39 is 0 Å². The SMILES string of the molecule is Cc1ccc(OCc2cnns2)cc1. The molecule has 0 spiro atoms. The maximum absolute atomic E-state index is 5.54. The van der Waals surface area contributed by atoms with Crippen molar-refractivity contribution in [2.75, 3.05) is 0 Å². The monoisotopic (exact) mass is 206 g/mol. The first-order chi connectivity index (χ1) is 6.84. The molecule has 0 aliphatic rings. The summed E-state index contributed by atoms with van der Waals surface area (Å²) >= 11 is 1.36. The number of aryl methyl sites for hydroxylation is 1. The zero-order valence-electron chi connectivity index (χ0n) is 7.80. The zero-order valence-corrected chi connectivity index (χ0v) is 8.62. The molecular formula is C10H10N2OS. The van der Waals surface area contributed by atoms with E-state index in [1.807, 2.05) is 24.3 Å². The van der Waals surface area contributed by atoms with Gasteiger partial charge in [0.2, 0.25) is 0 Å². The van der Waals surface area contributed by atoms with Gasteiger partial charge in [-0.05, 0) is 30.6 Å². The van der Waals surface area contributed by atoms with Gasteiger partial charge in [-0.3, -0.25) is 0 Å². The molecule has 2 rings (SSSR count). The highest BCUT2D eigenvalue weighted by molar-refractivity contribution is 7.05. The van der Waals surface area contributed by atoms with Gasteiger partial charge >= 0.3 is 0 Å². The van der Waals surface area contributed by atoms with E-state index in [2.05, 4.69) is 16.5 Å². The van der Waals surface area contributed by atoms with Gasteiger partial charge in [0, 0.05) is 0 Å². The van der Waals surface area contributed by atoms with Crippen molar-refractivity contribution in [3.63, 3.8) is 0 Å². The number of hydrogen-bond acceptors (Lipinski definition) is 4. The lowest BCUT2D eigenvalue weighted by Gasteiger charge is -2.03. The number of rotatable bonds is 3. The third kappa shape index (κ3) is 2.29. The molecular weight excluding hydrogens is 196 g/mol. The van der Waals surface area contributed by atoms with Crippen molar-refractivity contribution in [2.24, 2.45) is 0 Å². The largest absolute Gasteiger partial charge is 0.488 e. The summed E-state index contributed by atoms with van der Waals surface area (Å²) in [5.74, 6) is 0.879. The van der Waals surface area contributed by atoms with Crippen LogP contribution in [0.5, 0.6) is 5.75 Å². The third-order valence-electron chi connectivity index (χ3n) is 1.81. The van der Waals surface area contributed by atoms with Gasteiger partial charge in [0.15, 0.2) is 0 Å². The predicted octanol–water partition coefficient (Wildman–Crippen LogP) is 2.43. The van der Waals surface area contributed by atoms with Crippen LogP contribution in [0.25, 0.3) is 0 Å².